The van der Waals surface area contributed by atoms with E-state index in [1.807, 2.05) is 44.2 Å². The maximum atomic E-state index is 13.6. The second kappa shape index (κ2) is 12.4. The van der Waals surface area contributed by atoms with Gasteiger partial charge in [0.1, 0.15) is 0 Å². The zero-order chi connectivity index (χ0) is 25.4. The number of fused-ring (bicyclic) bond motifs is 1. The van der Waals surface area contributed by atoms with Crippen LogP contribution in [-0.4, -0.2) is 60.3 Å². The van der Waals surface area contributed by atoms with Crippen molar-refractivity contribution in [2.45, 2.75) is 46.6 Å². The van der Waals surface area contributed by atoms with Crippen LogP contribution in [0.15, 0.2) is 54.7 Å². The fourth-order valence-electron chi connectivity index (χ4n) is 4.34. The smallest absolute Gasteiger partial charge is 0.242 e. The molecule has 0 saturated carbocycles. The molecule has 0 radical (unpaired) electrons. The highest BCUT2D eigenvalue weighted by Crippen LogP contribution is 2.20. The molecule has 6 nitrogen and oxygen atoms in total. The molecule has 1 aromatic heterocycles. The molecule has 0 saturated heterocycles. The molecule has 188 valence electrons. The van der Waals surface area contributed by atoms with Crippen LogP contribution >= 0.6 is 0 Å². The van der Waals surface area contributed by atoms with E-state index in [9.17, 15) is 9.59 Å². The highest BCUT2D eigenvalue weighted by Gasteiger charge is 2.22. The molecule has 1 N–H and O–H groups in total. The Bertz CT molecular complexity index is 1100. The van der Waals surface area contributed by atoms with E-state index in [1.165, 1.54) is 10.9 Å². The summed E-state index contributed by atoms with van der Waals surface area (Å²) in [7, 11) is 4.03. The van der Waals surface area contributed by atoms with E-state index < -0.39 is 0 Å². The summed E-state index contributed by atoms with van der Waals surface area (Å²) in [6, 6.07) is 16.6. The summed E-state index contributed by atoms with van der Waals surface area (Å²) in [6.07, 6.45) is 4.04. The number of nitrogens with one attached hydrogen (secondary N) is 1. The number of aromatic amines is 1. The lowest BCUT2D eigenvalue weighted by molar-refractivity contribution is -0.141. The van der Waals surface area contributed by atoms with E-state index in [-0.39, 0.29) is 18.4 Å². The Kier molecular flexibility index (Phi) is 9.35. The van der Waals surface area contributed by atoms with Gasteiger partial charge in [0.05, 0.1) is 6.54 Å². The molecule has 35 heavy (non-hydrogen) atoms. The fraction of sp³-hybridized carbons (Fsp3) is 0.448. The quantitative estimate of drug-likeness (QED) is 0.396. The molecule has 0 aliphatic heterocycles. The molecule has 1 heterocycles. The Morgan fingerprint density at radius 1 is 0.943 bits per heavy atom. The number of carbonyl (C=O) groups is 2. The van der Waals surface area contributed by atoms with Gasteiger partial charge in [-0.2, -0.15) is 0 Å². The number of rotatable bonds is 12. The van der Waals surface area contributed by atoms with Gasteiger partial charge in [0.15, 0.2) is 0 Å². The highest BCUT2D eigenvalue weighted by atomic mass is 16.2. The van der Waals surface area contributed by atoms with E-state index in [0.717, 1.165) is 29.6 Å². The van der Waals surface area contributed by atoms with Gasteiger partial charge in [0, 0.05) is 62.9 Å². The first kappa shape index (κ1) is 26.3. The first-order valence-electron chi connectivity index (χ1n) is 12.6. The largest absolute Gasteiger partial charge is 0.378 e. The zero-order valence-electron chi connectivity index (χ0n) is 21.9. The monoisotopic (exact) mass is 476 g/mol. The number of benzene rings is 2. The fourth-order valence-corrected chi connectivity index (χ4v) is 4.34. The Hall–Kier alpha value is -3.28. The van der Waals surface area contributed by atoms with Crippen LogP contribution in [0, 0.1) is 5.92 Å². The van der Waals surface area contributed by atoms with E-state index in [2.05, 4.69) is 60.1 Å². The van der Waals surface area contributed by atoms with Crippen LogP contribution in [0.4, 0.5) is 5.69 Å². The second-order valence-corrected chi connectivity index (χ2v) is 9.90. The molecule has 2 aromatic carbocycles. The number of hydrogen-bond acceptors (Lipinski definition) is 3. The van der Waals surface area contributed by atoms with Crippen LogP contribution in [-0.2, 0) is 22.6 Å². The van der Waals surface area contributed by atoms with Crippen molar-refractivity contribution in [2.24, 2.45) is 5.92 Å². The molecule has 0 aliphatic rings. The number of para-hydroxylation sites is 1. The van der Waals surface area contributed by atoms with E-state index in [4.69, 9.17) is 0 Å². The normalized spacial score (nSPS) is 11.1. The predicted octanol–water partition coefficient (Wildman–Crippen LogP) is 5.09. The summed E-state index contributed by atoms with van der Waals surface area (Å²) < 4.78 is 0. The van der Waals surface area contributed by atoms with E-state index in [1.54, 1.807) is 4.90 Å². The number of anilines is 1. The number of aromatic nitrogens is 1. The van der Waals surface area contributed by atoms with Crippen molar-refractivity contribution in [3.63, 3.8) is 0 Å². The average molecular weight is 477 g/mol. The van der Waals surface area contributed by atoms with Crippen molar-refractivity contribution >= 4 is 28.4 Å². The van der Waals surface area contributed by atoms with Crippen LogP contribution in [0.3, 0.4) is 0 Å². The molecule has 0 atom stereocenters. The Labute approximate surface area is 209 Å². The number of hydrogen-bond donors (Lipinski definition) is 1. The third kappa shape index (κ3) is 7.35. The van der Waals surface area contributed by atoms with Crippen molar-refractivity contribution in [3.8, 4) is 0 Å². The summed E-state index contributed by atoms with van der Waals surface area (Å²) in [5.74, 6) is 0.356. The van der Waals surface area contributed by atoms with Gasteiger partial charge in [0.2, 0.25) is 11.8 Å². The van der Waals surface area contributed by atoms with Gasteiger partial charge in [-0.3, -0.25) is 9.59 Å². The van der Waals surface area contributed by atoms with Crippen LogP contribution in [0.25, 0.3) is 10.9 Å². The van der Waals surface area contributed by atoms with Crippen molar-refractivity contribution in [3.05, 3.63) is 65.9 Å². The summed E-state index contributed by atoms with van der Waals surface area (Å²) >= 11 is 0. The summed E-state index contributed by atoms with van der Waals surface area (Å²) in [5.41, 5.74) is 4.51. The SMILES string of the molecule is CCCC(=O)N(CC(=O)N(CCc1c[nH]c2ccccc12)Cc1ccc(N(C)C)cc1)CC(C)C. The molecular weight excluding hydrogens is 436 g/mol. The Morgan fingerprint density at radius 2 is 1.66 bits per heavy atom. The third-order valence-electron chi connectivity index (χ3n) is 6.23. The molecule has 2 amide bonds. The topological polar surface area (TPSA) is 59.7 Å². The number of amides is 2. The molecule has 0 bridgehead atoms. The number of H-pyrrole nitrogens is 1. The maximum Gasteiger partial charge on any atom is 0.242 e. The molecule has 6 heteroatoms. The minimum absolute atomic E-state index is 0.00775. The standard InChI is InChI=1S/C29H40N4O2/c1-6-9-28(34)33(19-22(2)3)21-29(35)32(20-23-12-14-25(15-13-23)31(4)5)17-16-24-18-30-27-11-8-7-10-26(24)27/h7-8,10-15,18,22,30H,6,9,16-17,19-21H2,1-5H3. The van der Waals surface area contributed by atoms with Crippen LogP contribution in [0.1, 0.15) is 44.7 Å². The highest BCUT2D eigenvalue weighted by molar-refractivity contribution is 5.85. The molecule has 0 fully saturated rings. The molecule has 0 aliphatic carbocycles. The lowest BCUT2D eigenvalue weighted by Crippen LogP contribution is -2.44. The van der Waals surface area contributed by atoms with Crippen molar-refractivity contribution in [1.82, 2.24) is 14.8 Å². The van der Waals surface area contributed by atoms with Crippen molar-refractivity contribution in [2.75, 3.05) is 38.6 Å². The lowest BCUT2D eigenvalue weighted by atomic mass is 10.1. The molecule has 0 spiro atoms. The van der Waals surface area contributed by atoms with Crippen molar-refractivity contribution in [1.29, 1.82) is 0 Å². The lowest BCUT2D eigenvalue weighted by Gasteiger charge is -2.29. The Balaban J connectivity index is 1.79. The molecular formula is C29H40N4O2. The summed E-state index contributed by atoms with van der Waals surface area (Å²) in [4.78, 5) is 35.3. The van der Waals surface area contributed by atoms with Gasteiger partial charge in [0.25, 0.3) is 0 Å². The predicted molar refractivity (Wildman–Crippen MR) is 145 cm³/mol. The first-order chi connectivity index (χ1) is 16.8. The zero-order valence-corrected chi connectivity index (χ0v) is 21.9. The minimum Gasteiger partial charge on any atom is -0.378 e. The van der Waals surface area contributed by atoms with Gasteiger partial charge in [-0.05, 0) is 48.1 Å². The summed E-state index contributed by atoms with van der Waals surface area (Å²) in [5, 5.41) is 1.19. The second-order valence-electron chi connectivity index (χ2n) is 9.90. The first-order valence-corrected chi connectivity index (χ1v) is 12.6. The number of nitrogens with zero attached hydrogens (tertiary/aromatic N) is 3. The molecule has 3 rings (SSSR count). The molecule has 3 aromatic rings. The van der Waals surface area contributed by atoms with Crippen molar-refractivity contribution < 1.29 is 9.59 Å². The van der Waals surface area contributed by atoms with Gasteiger partial charge in [-0.1, -0.05) is 51.1 Å². The van der Waals surface area contributed by atoms with E-state index >= 15 is 0 Å². The van der Waals surface area contributed by atoms with Gasteiger partial charge < -0.3 is 19.7 Å². The Morgan fingerprint density at radius 3 is 2.31 bits per heavy atom. The maximum absolute atomic E-state index is 13.6. The minimum atomic E-state index is -0.00775. The van der Waals surface area contributed by atoms with Crippen LogP contribution in [0.5, 0.6) is 0 Å². The summed E-state index contributed by atoms with van der Waals surface area (Å²) in [6.45, 7) is 7.99. The number of carbonyl (C=O) groups excluding carboxylic acids is 2. The van der Waals surface area contributed by atoms with Gasteiger partial charge in [-0.15, -0.1) is 0 Å². The van der Waals surface area contributed by atoms with Gasteiger partial charge in [-0.25, -0.2) is 0 Å². The van der Waals surface area contributed by atoms with E-state index in [0.29, 0.717) is 32.0 Å². The van der Waals surface area contributed by atoms with Gasteiger partial charge >= 0.3 is 0 Å². The van der Waals surface area contributed by atoms with Crippen LogP contribution in [0.2, 0.25) is 0 Å². The van der Waals surface area contributed by atoms with Crippen LogP contribution < -0.4 is 4.90 Å². The molecule has 0 unspecified atom stereocenters. The average Bonchev–Trinajstić information content (AvgIpc) is 3.24. The third-order valence-corrected chi connectivity index (χ3v) is 6.23.